The lowest BCUT2D eigenvalue weighted by Gasteiger charge is -2.11. The Hall–Kier alpha value is -1.57. The van der Waals surface area contributed by atoms with Crippen LogP contribution in [0.5, 0.6) is 0 Å². The van der Waals surface area contributed by atoms with Crippen LogP contribution in [0.25, 0.3) is 0 Å². The summed E-state index contributed by atoms with van der Waals surface area (Å²) in [4.78, 5) is 0. The van der Waals surface area contributed by atoms with E-state index in [1.54, 1.807) is 12.1 Å². The number of benzene rings is 2. The Balaban J connectivity index is 2.39. The largest absolute Gasteiger partial charge is 0.354 e. The summed E-state index contributed by atoms with van der Waals surface area (Å²) in [5.74, 6) is -0.462. The third-order valence-electron chi connectivity index (χ3n) is 2.55. The highest BCUT2D eigenvalue weighted by molar-refractivity contribution is 9.10. The van der Waals surface area contributed by atoms with Crippen LogP contribution in [-0.2, 0) is 0 Å². The van der Waals surface area contributed by atoms with E-state index in [9.17, 15) is 4.39 Å². The molecule has 19 heavy (non-hydrogen) atoms. The molecule has 2 nitrogen and oxygen atoms in total. The molecule has 0 saturated carbocycles. The molecule has 0 bridgehead atoms. The van der Waals surface area contributed by atoms with Gasteiger partial charge >= 0.3 is 0 Å². The molecule has 0 aliphatic carbocycles. The minimum atomic E-state index is -0.462. The highest BCUT2D eigenvalue weighted by Crippen LogP contribution is 2.31. The van der Waals surface area contributed by atoms with E-state index in [2.05, 4.69) is 21.2 Å². The Labute approximate surface area is 123 Å². The maximum Gasteiger partial charge on any atom is 0.126 e. The van der Waals surface area contributed by atoms with Crippen LogP contribution < -0.4 is 5.32 Å². The Kier molecular flexibility index (Phi) is 4.08. The maximum absolute atomic E-state index is 13.3. The summed E-state index contributed by atoms with van der Waals surface area (Å²) in [5.41, 5.74) is 2.41. The smallest absolute Gasteiger partial charge is 0.126 e. The molecule has 0 aliphatic heterocycles. The molecule has 2 rings (SSSR count). The van der Waals surface area contributed by atoms with Crippen LogP contribution in [0.1, 0.15) is 11.1 Å². The first-order chi connectivity index (χ1) is 8.99. The lowest BCUT2D eigenvalue weighted by molar-refractivity contribution is 0.628. The van der Waals surface area contributed by atoms with Gasteiger partial charge in [0.25, 0.3) is 0 Å². The highest BCUT2D eigenvalue weighted by atomic mass is 79.9. The fraction of sp³-hybridized carbons (Fsp3) is 0.0714. The van der Waals surface area contributed by atoms with Gasteiger partial charge in [0.05, 0.1) is 17.3 Å². The number of nitrogens with one attached hydrogen (secondary N) is 1. The molecule has 0 saturated heterocycles. The van der Waals surface area contributed by atoms with Gasteiger partial charge in [0.15, 0.2) is 0 Å². The van der Waals surface area contributed by atoms with Gasteiger partial charge in [-0.15, -0.1) is 0 Å². The van der Waals surface area contributed by atoms with E-state index in [0.717, 1.165) is 10.0 Å². The highest BCUT2D eigenvalue weighted by Gasteiger charge is 2.06. The molecule has 0 aromatic heterocycles. The first kappa shape index (κ1) is 13.9. The molecule has 0 heterocycles. The van der Waals surface area contributed by atoms with Crippen LogP contribution in [0.2, 0.25) is 5.02 Å². The molecule has 0 fully saturated rings. The molecular formula is C14H9BrClFN2. The minimum Gasteiger partial charge on any atom is -0.354 e. The van der Waals surface area contributed by atoms with Crippen molar-refractivity contribution < 1.29 is 4.39 Å². The predicted molar refractivity (Wildman–Crippen MR) is 78.3 cm³/mol. The summed E-state index contributed by atoms with van der Waals surface area (Å²) in [6, 6.07) is 9.61. The van der Waals surface area contributed by atoms with E-state index >= 15 is 0 Å². The number of nitriles is 1. The monoisotopic (exact) mass is 338 g/mol. The molecule has 0 spiro atoms. The van der Waals surface area contributed by atoms with Crippen molar-refractivity contribution in [1.82, 2.24) is 0 Å². The van der Waals surface area contributed by atoms with Gasteiger partial charge in [-0.2, -0.15) is 5.26 Å². The summed E-state index contributed by atoms with van der Waals surface area (Å²) >= 11 is 9.47. The zero-order valence-electron chi connectivity index (χ0n) is 9.97. The lowest BCUT2D eigenvalue weighted by Crippen LogP contribution is -1.94. The summed E-state index contributed by atoms with van der Waals surface area (Å²) in [5, 5.41) is 12.5. The lowest BCUT2D eigenvalue weighted by atomic mass is 10.2. The van der Waals surface area contributed by atoms with Crippen LogP contribution in [-0.4, -0.2) is 0 Å². The van der Waals surface area contributed by atoms with Crippen LogP contribution in [0, 0.1) is 24.1 Å². The van der Waals surface area contributed by atoms with Gasteiger partial charge in [0, 0.05) is 15.2 Å². The van der Waals surface area contributed by atoms with Gasteiger partial charge in [0.1, 0.15) is 5.82 Å². The van der Waals surface area contributed by atoms with Crippen molar-refractivity contribution in [3.63, 3.8) is 0 Å². The number of anilines is 2. The Morgan fingerprint density at radius 1 is 1.26 bits per heavy atom. The van der Waals surface area contributed by atoms with Gasteiger partial charge in [-0.05, 0) is 58.7 Å². The third kappa shape index (κ3) is 3.25. The van der Waals surface area contributed by atoms with Crippen molar-refractivity contribution in [1.29, 1.82) is 5.26 Å². The van der Waals surface area contributed by atoms with Crippen molar-refractivity contribution >= 4 is 38.9 Å². The molecular weight excluding hydrogens is 331 g/mol. The second-order valence-corrected chi connectivity index (χ2v) is 5.31. The first-order valence-electron chi connectivity index (χ1n) is 5.43. The predicted octanol–water partition coefficient (Wildman–Crippen LogP) is 5.17. The summed E-state index contributed by atoms with van der Waals surface area (Å²) < 4.78 is 14.1. The minimum absolute atomic E-state index is 0.261. The zero-order chi connectivity index (χ0) is 14.0. The number of halogens is 3. The zero-order valence-corrected chi connectivity index (χ0v) is 12.3. The first-order valence-corrected chi connectivity index (χ1v) is 6.60. The van der Waals surface area contributed by atoms with Gasteiger partial charge < -0.3 is 5.32 Å². The second kappa shape index (κ2) is 5.60. The maximum atomic E-state index is 13.3. The van der Waals surface area contributed by atoms with Gasteiger partial charge in [-0.1, -0.05) is 11.6 Å². The number of aryl methyl sites for hydroxylation is 1. The van der Waals surface area contributed by atoms with Crippen molar-refractivity contribution in [3.05, 3.63) is 56.8 Å². The van der Waals surface area contributed by atoms with Gasteiger partial charge in [-0.3, -0.25) is 0 Å². The molecule has 5 heteroatoms. The van der Waals surface area contributed by atoms with Crippen molar-refractivity contribution in [2.75, 3.05) is 5.32 Å². The van der Waals surface area contributed by atoms with Crippen LogP contribution in [0.3, 0.4) is 0 Å². The molecule has 2 aromatic carbocycles. The van der Waals surface area contributed by atoms with E-state index in [4.69, 9.17) is 16.9 Å². The van der Waals surface area contributed by atoms with E-state index in [-0.39, 0.29) is 5.56 Å². The van der Waals surface area contributed by atoms with Crippen molar-refractivity contribution in [2.45, 2.75) is 6.92 Å². The fourth-order valence-electron chi connectivity index (χ4n) is 1.62. The molecule has 96 valence electrons. The molecule has 2 aromatic rings. The Morgan fingerprint density at radius 2 is 2.00 bits per heavy atom. The quantitative estimate of drug-likeness (QED) is 0.819. The third-order valence-corrected chi connectivity index (χ3v) is 3.62. The number of rotatable bonds is 2. The van der Waals surface area contributed by atoms with Crippen molar-refractivity contribution in [3.8, 4) is 6.07 Å². The summed E-state index contributed by atoms with van der Waals surface area (Å²) in [7, 11) is 0. The fourth-order valence-corrected chi connectivity index (χ4v) is 2.34. The van der Waals surface area contributed by atoms with E-state index in [1.807, 2.05) is 19.1 Å². The summed E-state index contributed by atoms with van der Waals surface area (Å²) in [6.07, 6.45) is 0. The van der Waals surface area contributed by atoms with Gasteiger partial charge in [0.2, 0.25) is 0 Å². The average Bonchev–Trinajstić information content (AvgIpc) is 2.35. The normalized spacial score (nSPS) is 10.1. The Morgan fingerprint density at radius 3 is 2.68 bits per heavy atom. The Bertz CT molecular complexity index is 680. The van der Waals surface area contributed by atoms with Crippen LogP contribution in [0.4, 0.5) is 15.8 Å². The van der Waals surface area contributed by atoms with Crippen molar-refractivity contribution in [2.24, 2.45) is 0 Å². The molecule has 0 radical (unpaired) electrons. The van der Waals surface area contributed by atoms with Gasteiger partial charge in [-0.25, -0.2) is 4.39 Å². The van der Waals surface area contributed by atoms with E-state index < -0.39 is 5.82 Å². The second-order valence-electron chi connectivity index (χ2n) is 4.05. The number of nitrogens with zero attached hydrogens (tertiary/aromatic N) is 1. The molecule has 0 amide bonds. The number of hydrogen-bond acceptors (Lipinski definition) is 2. The molecule has 1 N–H and O–H groups in total. The average molecular weight is 340 g/mol. The summed E-state index contributed by atoms with van der Waals surface area (Å²) in [6.45, 7) is 1.90. The molecule has 0 unspecified atom stereocenters. The van der Waals surface area contributed by atoms with Crippen LogP contribution in [0.15, 0.2) is 34.8 Å². The van der Waals surface area contributed by atoms with E-state index in [1.165, 1.54) is 12.1 Å². The number of hydrogen-bond donors (Lipinski definition) is 1. The molecule has 0 aliphatic rings. The standard InChI is InChI=1S/C14H9BrClFN2/c1-8-2-12(15)14(6-13(8)16)19-11-4-9(7-18)3-10(17)5-11/h2-6,19H,1H3. The SMILES string of the molecule is Cc1cc(Br)c(Nc2cc(F)cc(C#N)c2)cc1Cl. The van der Waals surface area contributed by atoms with Crippen LogP contribution >= 0.6 is 27.5 Å². The topological polar surface area (TPSA) is 35.8 Å². The molecule has 0 atom stereocenters. The van der Waals surface area contributed by atoms with E-state index in [0.29, 0.717) is 16.4 Å².